The van der Waals surface area contributed by atoms with E-state index in [1.54, 1.807) is 0 Å². The summed E-state index contributed by atoms with van der Waals surface area (Å²) in [4.78, 5) is 9.62. The Morgan fingerprint density at radius 2 is 1.83 bits per heavy atom. The molecule has 0 amide bonds. The first-order valence-corrected chi connectivity index (χ1v) is 10.2. The maximum absolute atomic E-state index is 4.54. The van der Waals surface area contributed by atoms with Crippen LogP contribution in [0.2, 0.25) is 0 Å². The second kappa shape index (κ2) is 9.70. The van der Waals surface area contributed by atoms with Gasteiger partial charge in [-0.05, 0) is 24.7 Å². The number of rotatable bonds is 3. The lowest BCUT2D eigenvalue weighted by Gasteiger charge is -2.34. The summed E-state index contributed by atoms with van der Waals surface area (Å²) in [5.74, 6) is 3.72. The van der Waals surface area contributed by atoms with Crippen molar-refractivity contribution in [2.45, 2.75) is 38.5 Å². The molecule has 23 heavy (non-hydrogen) atoms. The van der Waals surface area contributed by atoms with Gasteiger partial charge in [0.15, 0.2) is 5.96 Å². The van der Waals surface area contributed by atoms with E-state index in [1.807, 2.05) is 7.05 Å². The molecule has 1 N–H and O–H groups in total. The number of aliphatic imine (C=N–C) groups is 1. The van der Waals surface area contributed by atoms with Gasteiger partial charge < -0.3 is 10.2 Å². The van der Waals surface area contributed by atoms with E-state index in [4.69, 9.17) is 0 Å². The first-order chi connectivity index (χ1) is 10.8. The van der Waals surface area contributed by atoms with E-state index >= 15 is 0 Å². The minimum atomic E-state index is 0. The Kier molecular flexibility index (Phi) is 8.28. The SMILES string of the molecule is CN=C(NCCN1CCSCC1)N1CCC2(CCCCC2)C1.I. The summed E-state index contributed by atoms with van der Waals surface area (Å²) in [6.45, 7) is 7.10. The molecular weight excluding hydrogens is 419 g/mol. The van der Waals surface area contributed by atoms with Crippen LogP contribution in [0.5, 0.6) is 0 Å². The summed E-state index contributed by atoms with van der Waals surface area (Å²) < 4.78 is 0. The number of halogens is 1. The fourth-order valence-corrected chi connectivity index (χ4v) is 5.29. The Balaban J connectivity index is 0.00000192. The van der Waals surface area contributed by atoms with Gasteiger partial charge in [0.05, 0.1) is 0 Å². The van der Waals surface area contributed by atoms with Gasteiger partial charge in [-0.1, -0.05) is 19.3 Å². The zero-order valence-corrected chi connectivity index (χ0v) is 17.7. The van der Waals surface area contributed by atoms with Crippen molar-refractivity contribution >= 4 is 41.7 Å². The normalized spacial score (nSPS) is 25.4. The molecule has 0 aromatic heterocycles. The molecule has 3 fully saturated rings. The minimum Gasteiger partial charge on any atom is -0.355 e. The minimum absolute atomic E-state index is 0. The van der Waals surface area contributed by atoms with Crippen LogP contribution in [0, 0.1) is 5.41 Å². The molecule has 3 aliphatic rings. The molecule has 2 saturated heterocycles. The summed E-state index contributed by atoms with van der Waals surface area (Å²) in [5.41, 5.74) is 0.611. The molecule has 0 unspecified atom stereocenters. The van der Waals surface area contributed by atoms with Gasteiger partial charge in [-0.15, -0.1) is 24.0 Å². The van der Waals surface area contributed by atoms with E-state index < -0.39 is 0 Å². The largest absolute Gasteiger partial charge is 0.355 e. The quantitative estimate of drug-likeness (QED) is 0.406. The summed E-state index contributed by atoms with van der Waals surface area (Å²) in [6.07, 6.45) is 8.57. The van der Waals surface area contributed by atoms with Crippen LogP contribution >= 0.6 is 35.7 Å². The van der Waals surface area contributed by atoms with Crippen LogP contribution in [0.15, 0.2) is 4.99 Å². The Morgan fingerprint density at radius 3 is 2.52 bits per heavy atom. The maximum atomic E-state index is 4.54. The van der Waals surface area contributed by atoms with E-state index in [2.05, 4.69) is 31.9 Å². The summed E-state index contributed by atoms with van der Waals surface area (Å²) in [5, 5.41) is 3.61. The van der Waals surface area contributed by atoms with Gasteiger partial charge in [0.2, 0.25) is 0 Å². The van der Waals surface area contributed by atoms with Crippen molar-refractivity contribution in [1.29, 1.82) is 0 Å². The molecule has 0 aromatic rings. The lowest BCUT2D eigenvalue weighted by molar-refractivity contribution is 0.203. The lowest BCUT2D eigenvalue weighted by Crippen LogP contribution is -2.45. The highest BCUT2D eigenvalue weighted by atomic mass is 127. The Bertz CT molecular complexity index is 379. The van der Waals surface area contributed by atoms with E-state index in [0.29, 0.717) is 5.41 Å². The van der Waals surface area contributed by atoms with Crippen LogP contribution in [-0.4, -0.2) is 73.6 Å². The third-order valence-electron chi connectivity index (χ3n) is 5.68. The van der Waals surface area contributed by atoms with Gasteiger partial charge in [0.1, 0.15) is 0 Å². The maximum Gasteiger partial charge on any atom is 0.193 e. The highest BCUT2D eigenvalue weighted by molar-refractivity contribution is 14.0. The first kappa shape index (κ1) is 19.6. The van der Waals surface area contributed by atoms with Crippen molar-refractivity contribution in [3.8, 4) is 0 Å². The molecule has 4 nitrogen and oxygen atoms in total. The van der Waals surface area contributed by atoms with Gasteiger partial charge in [0.25, 0.3) is 0 Å². The average Bonchev–Trinajstić information content (AvgIpc) is 2.96. The van der Waals surface area contributed by atoms with E-state index in [-0.39, 0.29) is 24.0 Å². The Hall–Kier alpha value is 0.310. The van der Waals surface area contributed by atoms with Crippen molar-refractivity contribution in [3.63, 3.8) is 0 Å². The summed E-state index contributed by atoms with van der Waals surface area (Å²) in [7, 11) is 1.94. The monoisotopic (exact) mass is 452 g/mol. The van der Waals surface area contributed by atoms with Crippen molar-refractivity contribution in [2.24, 2.45) is 10.4 Å². The zero-order chi connectivity index (χ0) is 15.3. The van der Waals surface area contributed by atoms with Gasteiger partial charge >= 0.3 is 0 Å². The van der Waals surface area contributed by atoms with Crippen LogP contribution in [0.25, 0.3) is 0 Å². The number of likely N-dealkylation sites (tertiary alicyclic amines) is 1. The number of thioether (sulfide) groups is 1. The fraction of sp³-hybridized carbons (Fsp3) is 0.941. The molecule has 0 bridgehead atoms. The second-order valence-electron chi connectivity index (χ2n) is 7.16. The topological polar surface area (TPSA) is 30.9 Å². The van der Waals surface area contributed by atoms with Crippen LogP contribution in [0.1, 0.15) is 38.5 Å². The molecule has 1 aliphatic carbocycles. The van der Waals surface area contributed by atoms with Crippen molar-refractivity contribution in [1.82, 2.24) is 15.1 Å². The number of nitrogens with zero attached hydrogens (tertiary/aromatic N) is 3. The third kappa shape index (κ3) is 5.39. The number of guanidine groups is 1. The van der Waals surface area contributed by atoms with Crippen LogP contribution in [0.3, 0.4) is 0 Å². The van der Waals surface area contributed by atoms with E-state index in [1.165, 1.54) is 76.2 Å². The molecule has 6 heteroatoms. The van der Waals surface area contributed by atoms with Gasteiger partial charge in [0, 0.05) is 57.8 Å². The van der Waals surface area contributed by atoms with Gasteiger partial charge in [-0.2, -0.15) is 11.8 Å². The molecule has 0 radical (unpaired) electrons. The second-order valence-corrected chi connectivity index (χ2v) is 8.38. The number of hydrogen-bond acceptors (Lipinski definition) is 3. The number of hydrogen-bond donors (Lipinski definition) is 1. The smallest absolute Gasteiger partial charge is 0.193 e. The van der Waals surface area contributed by atoms with Crippen molar-refractivity contribution < 1.29 is 0 Å². The lowest BCUT2D eigenvalue weighted by atomic mass is 9.73. The summed E-state index contributed by atoms with van der Waals surface area (Å²) >= 11 is 2.08. The fourth-order valence-electron chi connectivity index (χ4n) is 4.31. The number of nitrogens with one attached hydrogen (secondary N) is 1. The molecule has 2 heterocycles. The zero-order valence-electron chi connectivity index (χ0n) is 14.6. The third-order valence-corrected chi connectivity index (χ3v) is 6.62. The molecule has 0 atom stereocenters. The van der Waals surface area contributed by atoms with Crippen LogP contribution in [-0.2, 0) is 0 Å². The average molecular weight is 452 g/mol. The van der Waals surface area contributed by atoms with Crippen molar-refractivity contribution in [2.75, 3.05) is 57.8 Å². The Morgan fingerprint density at radius 1 is 1.09 bits per heavy atom. The highest BCUT2D eigenvalue weighted by Gasteiger charge is 2.39. The predicted octanol–water partition coefficient (Wildman–Crippen LogP) is 2.88. The molecule has 3 rings (SSSR count). The Labute approximate surface area is 163 Å². The molecule has 2 aliphatic heterocycles. The first-order valence-electron chi connectivity index (χ1n) is 9.07. The molecule has 1 spiro atoms. The van der Waals surface area contributed by atoms with Crippen molar-refractivity contribution in [3.05, 3.63) is 0 Å². The standard InChI is InChI=1S/C17H32N4S.HI/c1-18-16(19-8-10-20-11-13-22-14-12-20)21-9-7-17(15-21)5-3-2-4-6-17;/h2-15H2,1H3,(H,18,19);1H. The van der Waals surface area contributed by atoms with Gasteiger partial charge in [-0.3, -0.25) is 9.89 Å². The predicted molar refractivity (Wildman–Crippen MR) is 112 cm³/mol. The summed E-state index contributed by atoms with van der Waals surface area (Å²) in [6, 6.07) is 0. The van der Waals surface area contributed by atoms with Gasteiger partial charge in [-0.25, -0.2) is 0 Å². The highest BCUT2D eigenvalue weighted by Crippen LogP contribution is 2.43. The van der Waals surface area contributed by atoms with E-state index in [0.717, 1.165) is 19.0 Å². The van der Waals surface area contributed by atoms with E-state index in [9.17, 15) is 0 Å². The molecule has 134 valence electrons. The molecular formula is C17H33IN4S. The van der Waals surface area contributed by atoms with Crippen LogP contribution in [0.4, 0.5) is 0 Å². The molecule has 1 saturated carbocycles. The van der Waals surface area contributed by atoms with Crippen LogP contribution < -0.4 is 5.32 Å². The molecule has 0 aromatic carbocycles.